The van der Waals surface area contributed by atoms with Crippen molar-refractivity contribution in [1.82, 2.24) is 9.88 Å². The fourth-order valence-corrected chi connectivity index (χ4v) is 4.23. The molecule has 2 aromatic heterocycles. The first kappa shape index (κ1) is 20.0. The zero-order valence-corrected chi connectivity index (χ0v) is 16.4. The van der Waals surface area contributed by atoms with E-state index in [2.05, 4.69) is 10.6 Å². The third-order valence-corrected chi connectivity index (χ3v) is 5.72. The van der Waals surface area contributed by atoms with Crippen molar-refractivity contribution >= 4 is 23.1 Å². The number of anilines is 1. The standard InChI is InChI=1S/C20H20F3N3OS/c1-12-14(3)28-18(26-9-4-5-10-26)17(12)13(2)24-19(27)25-16-8-6-7-15(11-16)20(21,22)23/h4-11,13H,1-3H3,(H2,24,25,27)/t13-/m0/s1. The van der Waals surface area contributed by atoms with E-state index in [0.717, 1.165) is 33.1 Å². The molecule has 0 aliphatic rings. The summed E-state index contributed by atoms with van der Waals surface area (Å²) in [6.45, 7) is 5.87. The zero-order valence-electron chi connectivity index (χ0n) is 15.6. The third-order valence-electron chi connectivity index (χ3n) is 4.48. The molecule has 148 valence electrons. The molecule has 4 nitrogen and oxygen atoms in total. The molecule has 3 rings (SSSR count). The summed E-state index contributed by atoms with van der Waals surface area (Å²) in [5, 5.41) is 6.31. The summed E-state index contributed by atoms with van der Waals surface area (Å²) in [6.07, 6.45) is -0.592. The van der Waals surface area contributed by atoms with E-state index in [-0.39, 0.29) is 11.7 Å². The maximum atomic E-state index is 12.8. The second-order valence-electron chi connectivity index (χ2n) is 6.49. The summed E-state index contributed by atoms with van der Waals surface area (Å²) < 4.78 is 40.5. The van der Waals surface area contributed by atoms with Gasteiger partial charge in [-0.1, -0.05) is 6.07 Å². The molecule has 8 heteroatoms. The lowest BCUT2D eigenvalue weighted by Gasteiger charge is -2.18. The van der Waals surface area contributed by atoms with E-state index in [1.165, 1.54) is 12.1 Å². The van der Waals surface area contributed by atoms with Crippen LogP contribution in [0.3, 0.4) is 0 Å². The molecule has 0 spiro atoms. The molecular weight excluding hydrogens is 387 g/mol. The zero-order chi connectivity index (χ0) is 20.5. The number of aromatic nitrogens is 1. The van der Waals surface area contributed by atoms with Crippen molar-refractivity contribution in [3.8, 4) is 5.00 Å². The van der Waals surface area contributed by atoms with Gasteiger partial charge in [-0.05, 0) is 56.7 Å². The van der Waals surface area contributed by atoms with Gasteiger partial charge in [0, 0.05) is 28.5 Å². The lowest BCUT2D eigenvalue weighted by atomic mass is 10.1. The largest absolute Gasteiger partial charge is 0.416 e. The Kier molecular flexibility index (Phi) is 5.51. The van der Waals surface area contributed by atoms with Crippen LogP contribution in [0.25, 0.3) is 5.00 Å². The maximum Gasteiger partial charge on any atom is 0.416 e. The predicted octanol–water partition coefficient (Wildman–Crippen LogP) is 6.06. The number of nitrogens with zero attached hydrogens (tertiary/aromatic N) is 1. The number of nitrogens with one attached hydrogen (secondary N) is 2. The molecule has 0 saturated heterocycles. The highest BCUT2D eigenvalue weighted by molar-refractivity contribution is 7.14. The van der Waals surface area contributed by atoms with E-state index in [9.17, 15) is 18.0 Å². The van der Waals surface area contributed by atoms with Gasteiger partial charge < -0.3 is 15.2 Å². The third kappa shape index (κ3) is 4.22. The summed E-state index contributed by atoms with van der Waals surface area (Å²) >= 11 is 1.63. The van der Waals surface area contributed by atoms with Gasteiger partial charge in [-0.25, -0.2) is 4.79 Å². The number of urea groups is 1. The first-order valence-electron chi connectivity index (χ1n) is 8.65. The van der Waals surface area contributed by atoms with E-state index < -0.39 is 17.8 Å². The fraction of sp³-hybridized carbons (Fsp3) is 0.250. The molecule has 0 saturated carbocycles. The van der Waals surface area contributed by atoms with Crippen LogP contribution in [0.1, 0.15) is 34.5 Å². The van der Waals surface area contributed by atoms with Gasteiger partial charge in [0.2, 0.25) is 0 Å². The van der Waals surface area contributed by atoms with Gasteiger partial charge in [-0.15, -0.1) is 11.3 Å². The molecule has 0 unspecified atom stereocenters. The molecule has 1 atom stereocenters. The minimum absolute atomic E-state index is 0.0865. The molecule has 0 aliphatic carbocycles. The number of rotatable bonds is 4. The number of hydrogen-bond acceptors (Lipinski definition) is 2. The molecule has 0 fully saturated rings. The van der Waals surface area contributed by atoms with Crippen molar-refractivity contribution in [1.29, 1.82) is 0 Å². The minimum Gasteiger partial charge on any atom is -0.331 e. The van der Waals surface area contributed by atoms with Crippen molar-refractivity contribution in [3.05, 3.63) is 70.4 Å². The highest BCUT2D eigenvalue weighted by atomic mass is 32.1. The van der Waals surface area contributed by atoms with Crippen molar-refractivity contribution < 1.29 is 18.0 Å². The van der Waals surface area contributed by atoms with Crippen molar-refractivity contribution in [2.45, 2.75) is 33.0 Å². The second kappa shape index (κ2) is 7.71. The van der Waals surface area contributed by atoms with Crippen LogP contribution in [0.5, 0.6) is 0 Å². The van der Waals surface area contributed by atoms with Gasteiger partial charge >= 0.3 is 12.2 Å². The van der Waals surface area contributed by atoms with Gasteiger partial charge in [-0.3, -0.25) is 0 Å². The number of alkyl halides is 3. The first-order chi connectivity index (χ1) is 13.2. The Balaban J connectivity index is 1.77. The highest BCUT2D eigenvalue weighted by Crippen LogP contribution is 2.35. The summed E-state index contributed by atoms with van der Waals surface area (Å²) in [4.78, 5) is 13.5. The van der Waals surface area contributed by atoms with Crippen LogP contribution in [-0.2, 0) is 6.18 Å². The van der Waals surface area contributed by atoms with Crippen molar-refractivity contribution in [2.75, 3.05) is 5.32 Å². The molecular formula is C20H20F3N3OS. The fourth-order valence-electron chi connectivity index (χ4n) is 3.01. The van der Waals surface area contributed by atoms with Crippen LogP contribution < -0.4 is 10.6 Å². The molecule has 0 aliphatic heterocycles. The van der Waals surface area contributed by atoms with E-state index in [0.29, 0.717) is 0 Å². The average Bonchev–Trinajstić information content (AvgIpc) is 3.23. The number of hydrogen-bond donors (Lipinski definition) is 2. The summed E-state index contributed by atoms with van der Waals surface area (Å²) in [6, 6.07) is 7.52. The Labute approximate surface area is 165 Å². The van der Waals surface area contributed by atoms with Gasteiger partial charge in [0.25, 0.3) is 0 Å². The smallest absolute Gasteiger partial charge is 0.331 e. The van der Waals surface area contributed by atoms with Gasteiger partial charge in [0.05, 0.1) is 11.6 Å². The number of amides is 2. The summed E-state index contributed by atoms with van der Waals surface area (Å²) in [5.41, 5.74) is 1.35. The number of carbonyl (C=O) groups is 1. The van der Waals surface area contributed by atoms with E-state index >= 15 is 0 Å². The molecule has 2 N–H and O–H groups in total. The Morgan fingerprint density at radius 2 is 1.82 bits per heavy atom. The first-order valence-corrected chi connectivity index (χ1v) is 9.46. The maximum absolute atomic E-state index is 12.8. The number of carbonyl (C=O) groups excluding carboxylic acids is 1. The minimum atomic E-state index is -4.46. The Morgan fingerprint density at radius 3 is 2.46 bits per heavy atom. The van der Waals surface area contributed by atoms with Gasteiger partial charge in [-0.2, -0.15) is 13.2 Å². The molecule has 0 radical (unpaired) electrons. The Morgan fingerprint density at radius 1 is 1.14 bits per heavy atom. The van der Waals surface area contributed by atoms with Crippen LogP contribution in [0.4, 0.5) is 23.7 Å². The van der Waals surface area contributed by atoms with E-state index in [1.807, 2.05) is 49.9 Å². The van der Waals surface area contributed by atoms with Crippen LogP contribution in [-0.4, -0.2) is 10.6 Å². The van der Waals surface area contributed by atoms with Crippen LogP contribution in [0.2, 0.25) is 0 Å². The van der Waals surface area contributed by atoms with Crippen LogP contribution >= 0.6 is 11.3 Å². The van der Waals surface area contributed by atoms with Gasteiger partial charge in [0.1, 0.15) is 5.00 Å². The number of halogens is 3. The number of thiophene rings is 1. The average molecular weight is 407 g/mol. The summed E-state index contributed by atoms with van der Waals surface area (Å²) in [5.74, 6) is 0. The predicted molar refractivity (Wildman–Crippen MR) is 105 cm³/mol. The Bertz CT molecular complexity index is 977. The molecule has 2 heterocycles. The van der Waals surface area contributed by atoms with Crippen LogP contribution in [0.15, 0.2) is 48.8 Å². The molecule has 2 amide bonds. The van der Waals surface area contributed by atoms with Crippen molar-refractivity contribution in [2.24, 2.45) is 0 Å². The topological polar surface area (TPSA) is 46.1 Å². The molecule has 1 aromatic carbocycles. The van der Waals surface area contributed by atoms with Gasteiger partial charge in [0.15, 0.2) is 0 Å². The normalized spacial score (nSPS) is 12.6. The van der Waals surface area contributed by atoms with E-state index in [1.54, 1.807) is 11.3 Å². The molecule has 0 bridgehead atoms. The highest BCUT2D eigenvalue weighted by Gasteiger charge is 2.30. The monoisotopic (exact) mass is 407 g/mol. The van der Waals surface area contributed by atoms with Crippen LogP contribution in [0, 0.1) is 13.8 Å². The summed E-state index contributed by atoms with van der Waals surface area (Å²) in [7, 11) is 0. The quantitative estimate of drug-likeness (QED) is 0.543. The SMILES string of the molecule is Cc1sc(-n2cccc2)c([C@H](C)NC(=O)Nc2cccc(C(F)(F)F)c2)c1C. The lowest BCUT2D eigenvalue weighted by Crippen LogP contribution is -2.31. The molecule has 3 aromatic rings. The molecule has 28 heavy (non-hydrogen) atoms. The van der Waals surface area contributed by atoms with E-state index in [4.69, 9.17) is 0 Å². The number of benzene rings is 1. The van der Waals surface area contributed by atoms with Crippen molar-refractivity contribution in [3.63, 3.8) is 0 Å². The Hall–Kier alpha value is -2.74. The number of aryl methyl sites for hydroxylation is 1. The second-order valence-corrected chi connectivity index (χ2v) is 7.69. The lowest BCUT2D eigenvalue weighted by molar-refractivity contribution is -0.137.